The number of aromatic nitrogens is 1. The van der Waals surface area contributed by atoms with Gasteiger partial charge in [0, 0.05) is 11.1 Å². The molecule has 1 unspecified atom stereocenters. The molecule has 0 bridgehead atoms. The first-order chi connectivity index (χ1) is 13.4. The summed E-state index contributed by atoms with van der Waals surface area (Å²) in [5.74, 6) is -0.343. The van der Waals surface area contributed by atoms with Crippen molar-refractivity contribution in [2.45, 2.75) is 71.6 Å². The number of hydrogen-bond donors (Lipinski definition) is 0. The lowest BCUT2D eigenvalue weighted by Crippen LogP contribution is -2.54. The van der Waals surface area contributed by atoms with E-state index in [1.54, 1.807) is 46.1 Å². The average molecular weight is 400 g/mol. The van der Waals surface area contributed by atoms with Crippen LogP contribution in [0.3, 0.4) is 0 Å². The van der Waals surface area contributed by atoms with E-state index in [0.29, 0.717) is 12.8 Å². The van der Waals surface area contributed by atoms with Gasteiger partial charge >= 0.3 is 12.2 Å². The van der Waals surface area contributed by atoms with Gasteiger partial charge in [-0.05, 0) is 66.5 Å². The van der Waals surface area contributed by atoms with E-state index in [2.05, 4.69) is 0 Å². The summed E-state index contributed by atoms with van der Waals surface area (Å²) in [4.78, 5) is 40.0. The quantitative estimate of drug-likeness (QED) is 0.689. The SMILES string of the molecule is CC(C)(C)OC(=O)N(C(=O)OC(C)(C)C)C1CCc2cc3ccccc3n2C1=O. The monoisotopic (exact) mass is 400 g/mol. The van der Waals surface area contributed by atoms with Crippen molar-refractivity contribution in [1.29, 1.82) is 0 Å². The predicted molar refractivity (Wildman–Crippen MR) is 109 cm³/mol. The summed E-state index contributed by atoms with van der Waals surface area (Å²) >= 11 is 0. The zero-order valence-corrected chi connectivity index (χ0v) is 17.8. The first-order valence-corrected chi connectivity index (χ1v) is 9.76. The molecule has 1 aromatic heterocycles. The number of aryl methyl sites for hydroxylation is 1. The molecule has 2 heterocycles. The zero-order chi connectivity index (χ0) is 21.6. The number of benzene rings is 1. The van der Waals surface area contributed by atoms with Gasteiger partial charge in [-0.1, -0.05) is 18.2 Å². The average Bonchev–Trinajstić information content (AvgIpc) is 2.93. The fourth-order valence-electron chi connectivity index (χ4n) is 3.40. The largest absolute Gasteiger partial charge is 0.443 e. The van der Waals surface area contributed by atoms with Crippen LogP contribution in [0.25, 0.3) is 10.9 Å². The van der Waals surface area contributed by atoms with Crippen LogP contribution in [0.1, 0.15) is 58.5 Å². The van der Waals surface area contributed by atoms with Crippen LogP contribution < -0.4 is 0 Å². The second-order valence-electron chi connectivity index (χ2n) is 9.25. The minimum Gasteiger partial charge on any atom is -0.443 e. The standard InChI is InChI=1S/C22H28N2O5/c1-21(2,3)28-19(26)24(20(27)29-22(4,5)6)17-12-11-15-13-14-9-7-8-10-16(14)23(15)18(17)25/h7-10,13,17H,11-12H2,1-6H3. The maximum atomic E-state index is 13.4. The summed E-state index contributed by atoms with van der Waals surface area (Å²) in [5.41, 5.74) is -0.0212. The predicted octanol–water partition coefficient (Wildman–Crippen LogP) is 4.77. The molecule has 1 aliphatic rings. The molecular formula is C22H28N2O5. The third-order valence-corrected chi connectivity index (χ3v) is 4.46. The highest BCUT2D eigenvalue weighted by Crippen LogP contribution is 2.29. The molecule has 3 rings (SSSR count). The Morgan fingerprint density at radius 2 is 1.55 bits per heavy atom. The van der Waals surface area contributed by atoms with Gasteiger partial charge in [-0.2, -0.15) is 4.90 Å². The molecule has 29 heavy (non-hydrogen) atoms. The highest BCUT2D eigenvalue weighted by atomic mass is 16.6. The van der Waals surface area contributed by atoms with E-state index in [1.807, 2.05) is 30.3 Å². The van der Waals surface area contributed by atoms with Crippen molar-refractivity contribution in [2.24, 2.45) is 0 Å². The second kappa shape index (κ2) is 7.21. The van der Waals surface area contributed by atoms with Crippen LogP contribution in [0.5, 0.6) is 0 Å². The molecule has 1 aliphatic heterocycles. The lowest BCUT2D eigenvalue weighted by molar-refractivity contribution is -0.00878. The molecule has 0 N–H and O–H groups in total. The van der Waals surface area contributed by atoms with E-state index in [4.69, 9.17) is 9.47 Å². The third-order valence-electron chi connectivity index (χ3n) is 4.46. The number of carbonyl (C=O) groups excluding carboxylic acids is 3. The maximum absolute atomic E-state index is 13.4. The molecule has 2 aromatic rings. The maximum Gasteiger partial charge on any atom is 0.420 e. The Morgan fingerprint density at radius 1 is 1.00 bits per heavy atom. The Bertz CT molecular complexity index is 934. The molecule has 7 nitrogen and oxygen atoms in total. The smallest absolute Gasteiger partial charge is 0.420 e. The molecule has 1 atom stereocenters. The molecule has 0 saturated heterocycles. The normalized spacial score (nSPS) is 17.0. The highest BCUT2D eigenvalue weighted by Gasteiger charge is 2.43. The van der Waals surface area contributed by atoms with Crippen LogP contribution in [0.4, 0.5) is 9.59 Å². The molecule has 7 heteroatoms. The number of amides is 2. The Balaban J connectivity index is 2.00. The summed E-state index contributed by atoms with van der Waals surface area (Å²) < 4.78 is 12.4. The number of ether oxygens (including phenoxy) is 2. The van der Waals surface area contributed by atoms with Crippen LogP contribution in [-0.4, -0.2) is 44.8 Å². The molecule has 0 spiro atoms. The third kappa shape index (κ3) is 4.44. The van der Waals surface area contributed by atoms with Crippen LogP contribution in [0.2, 0.25) is 0 Å². The fourth-order valence-corrected chi connectivity index (χ4v) is 3.40. The molecule has 0 fully saturated rings. The first kappa shape index (κ1) is 20.9. The summed E-state index contributed by atoms with van der Waals surface area (Å²) in [5, 5.41) is 0.942. The zero-order valence-electron chi connectivity index (χ0n) is 17.8. The van der Waals surface area contributed by atoms with Gasteiger partial charge in [-0.25, -0.2) is 9.59 Å². The molecule has 0 aliphatic carbocycles. The van der Waals surface area contributed by atoms with Gasteiger partial charge in [-0.3, -0.25) is 9.36 Å². The second-order valence-corrected chi connectivity index (χ2v) is 9.25. The van der Waals surface area contributed by atoms with E-state index < -0.39 is 29.4 Å². The molecule has 1 aromatic carbocycles. The topological polar surface area (TPSA) is 77.8 Å². The van der Waals surface area contributed by atoms with Gasteiger partial charge in [0.2, 0.25) is 0 Å². The number of hydrogen-bond acceptors (Lipinski definition) is 5. The molecule has 0 radical (unpaired) electrons. The van der Waals surface area contributed by atoms with Crippen LogP contribution in [0, 0.1) is 0 Å². The van der Waals surface area contributed by atoms with Crippen LogP contribution in [-0.2, 0) is 15.9 Å². The van der Waals surface area contributed by atoms with E-state index in [-0.39, 0.29) is 5.91 Å². The summed E-state index contributed by atoms with van der Waals surface area (Å²) in [7, 11) is 0. The summed E-state index contributed by atoms with van der Waals surface area (Å²) in [6.45, 7) is 10.2. The minimum atomic E-state index is -0.997. The van der Waals surface area contributed by atoms with Gasteiger partial charge in [0.25, 0.3) is 5.91 Å². The lowest BCUT2D eigenvalue weighted by atomic mass is 10.0. The van der Waals surface area contributed by atoms with Crippen LogP contribution >= 0.6 is 0 Å². The minimum absolute atomic E-state index is 0.313. The number of rotatable bonds is 1. The Hall–Kier alpha value is -2.83. The molecule has 156 valence electrons. The summed E-state index contributed by atoms with van der Waals surface area (Å²) in [6.07, 6.45) is -0.907. The Morgan fingerprint density at radius 3 is 2.10 bits per heavy atom. The fraction of sp³-hybridized carbons (Fsp3) is 0.500. The van der Waals surface area contributed by atoms with E-state index in [9.17, 15) is 14.4 Å². The number of fused-ring (bicyclic) bond motifs is 3. The van der Waals surface area contributed by atoms with Crippen molar-refractivity contribution < 1.29 is 23.9 Å². The van der Waals surface area contributed by atoms with Crippen molar-refractivity contribution in [1.82, 2.24) is 9.47 Å². The molecule has 0 saturated carbocycles. The van der Waals surface area contributed by atoms with Gasteiger partial charge < -0.3 is 9.47 Å². The van der Waals surface area contributed by atoms with Crippen molar-refractivity contribution in [3.8, 4) is 0 Å². The van der Waals surface area contributed by atoms with E-state index in [0.717, 1.165) is 21.5 Å². The van der Waals surface area contributed by atoms with Crippen molar-refractivity contribution >= 4 is 29.0 Å². The Labute approximate surface area is 170 Å². The number of imide groups is 1. The highest BCUT2D eigenvalue weighted by molar-refractivity contribution is 6.01. The van der Waals surface area contributed by atoms with Crippen LogP contribution in [0.15, 0.2) is 30.3 Å². The van der Waals surface area contributed by atoms with E-state index in [1.165, 1.54) is 0 Å². The number of carbonyl (C=O) groups is 3. The summed E-state index contributed by atoms with van der Waals surface area (Å²) in [6, 6.07) is 8.51. The Kier molecular flexibility index (Phi) is 5.19. The van der Waals surface area contributed by atoms with Gasteiger partial charge in [0.05, 0.1) is 5.52 Å². The van der Waals surface area contributed by atoms with Crippen molar-refractivity contribution in [3.05, 3.63) is 36.0 Å². The van der Waals surface area contributed by atoms with Gasteiger partial charge in [0.1, 0.15) is 17.2 Å². The molecule has 2 amide bonds. The first-order valence-electron chi connectivity index (χ1n) is 9.76. The van der Waals surface area contributed by atoms with Gasteiger partial charge in [-0.15, -0.1) is 0 Å². The van der Waals surface area contributed by atoms with Gasteiger partial charge in [0.15, 0.2) is 0 Å². The number of para-hydroxylation sites is 1. The van der Waals surface area contributed by atoms with Crippen molar-refractivity contribution in [2.75, 3.05) is 0 Å². The number of nitrogens with zero attached hydrogens (tertiary/aromatic N) is 2. The van der Waals surface area contributed by atoms with E-state index >= 15 is 0 Å². The lowest BCUT2D eigenvalue weighted by Gasteiger charge is -2.34. The van der Waals surface area contributed by atoms with Crippen molar-refractivity contribution in [3.63, 3.8) is 0 Å². The molecular weight excluding hydrogens is 372 g/mol.